The lowest BCUT2D eigenvalue weighted by atomic mass is 10.1. The van der Waals surface area contributed by atoms with Crippen molar-refractivity contribution >= 4 is 17.6 Å². The van der Waals surface area contributed by atoms with Crippen LogP contribution in [-0.4, -0.2) is 32.7 Å². The van der Waals surface area contributed by atoms with Gasteiger partial charge in [0.15, 0.2) is 11.5 Å². The van der Waals surface area contributed by atoms with E-state index in [0.29, 0.717) is 40.5 Å². The van der Waals surface area contributed by atoms with Gasteiger partial charge in [-0.2, -0.15) is 0 Å². The van der Waals surface area contributed by atoms with Gasteiger partial charge in [-0.1, -0.05) is 24.0 Å². The van der Waals surface area contributed by atoms with Crippen molar-refractivity contribution in [3.8, 4) is 23.3 Å². The Morgan fingerprint density at radius 3 is 2.25 bits per heavy atom. The van der Waals surface area contributed by atoms with Gasteiger partial charge in [0.2, 0.25) is 0 Å². The molecule has 0 saturated heterocycles. The van der Waals surface area contributed by atoms with Crippen molar-refractivity contribution in [2.24, 2.45) is 0 Å². The summed E-state index contributed by atoms with van der Waals surface area (Å²) in [6, 6.07) is 19.1. The Labute approximate surface area is 187 Å². The van der Waals surface area contributed by atoms with Crippen LogP contribution in [0, 0.1) is 11.8 Å². The zero-order chi connectivity index (χ0) is 22.9. The van der Waals surface area contributed by atoms with Crippen molar-refractivity contribution in [2.45, 2.75) is 6.92 Å². The van der Waals surface area contributed by atoms with Gasteiger partial charge >= 0.3 is 5.97 Å². The number of amides is 1. The molecule has 162 valence electrons. The second-order valence-electron chi connectivity index (χ2n) is 6.66. The Morgan fingerprint density at radius 1 is 0.844 bits per heavy atom. The first-order valence-electron chi connectivity index (χ1n) is 9.96. The van der Waals surface area contributed by atoms with Crippen molar-refractivity contribution in [2.75, 3.05) is 26.1 Å². The van der Waals surface area contributed by atoms with E-state index in [1.54, 1.807) is 48.5 Å². The molecule has 0 radical (unpaired) electrons. The number of nitrogens with one attached hydrogen (secondary N) is 1. The van der Waals surface area contributed by atoms with Crippen LogP contribution in [0.15, 0.2) is 66.7 Å². The van der Waals surface area contributed by atoms with Gasteiger partial charge < -0.3 is 19.5 Å². The van der Waals surface area contributed by atoms with Gasteiger partial charge in [0.05, 0.1) is 26.4 Å². The molecule has 0 aliphatic rings. The molecule has 1 N–H and O–H groups in total. The molecule has 3 aromatic carbocycles. The van der Waals surface area contributed by atoms with Gasteiger partial charge in [0.1, 0.15) is 0 Å². The number of ether oxygens (including phenoxy) is 3. The molecule has 6 heteroatoms. The van der Waals surface area contributed by atoms with Gasteiger partial charge in [-0.3, -0.25) is 4.79 Å². The van der Waals surface area contributed by atoms with Crippen LogP contribution in [0.3, 0.4) is 0 Å². The highest BCUT2D eigenvalue weighted by Gasteiger charge is 2.11. The lowest BCUT2D eigenvalue weighted by Crippen LogP contribution is -2.12. The zero-order valence-corrected chi connectivity index (χ0v) is 18.1. The Kier molecular flexibility index (Phi) is 7.50. The van der Waals surface area contributed by atoms with Crippen molar-refractivity contribution in [1.29, 1.82) is 0 Å². The summed E-state index contributed by atoms with van der Waals surface area (Å²) >= 11 is 0. The van der Waals surface area contributed by atoms with Crippen LogP contribution in [0.2, 0.25) is 0 Å². The maximum absolute atomic E-state index is 12.7. The summed E-state index contributed by atoms with van der Waals surface area (Å²) < 4.78 is 15.5. The number of methoxy groups -OCH3 is 2. The lowest BCUT2D eigenvalue weighted by Gasteiger charge is -2.11. The van der Waals surface area contributed by atoms with E-state index in [1.807, 2.05) is 25.1 Å². The average Bonchev–Trinajstić information content (AvgIpc) is 2.83. The molecule has 0 bridgehead atoms. The number of rotatable bonds is 6. The normalized spacial score (nSPS) is 9.84. The van der Waals surface area contributed by atoms with Crippen LogP contribution in [0.1, 0.15) is 38.8 Å². The Bertz CT molecular complexity index is 1190. The number of hydrogen-bond acceptors (Lipinski definition) is 5. The molecule has 6 nitrogen and oxygen atoms in total. The van der Waals surface area contributed by atoms with Gasteiger partial charge in [-0.25, -0.2) is 4.79 Å². The van der Waals surface area contributed by atoms with Gasteiger partial charge in [0.25, 0.3) is 5.91 Å². The maximum atomic E-state index is 12.7. The Balaban J connectivity index is 1.76. The summed E-state index contributed by atoms with van der Waals surface area (Å²) in [5.41, 5.74) is 2.89. The quantitative estimate of drug-likeness (QED) is 0.460. The van der Waals surface area contributed by atoms with E-state index in [0.717, 1.165) is 5.56 Å². The molecule has 32 heavy (non-hydrogen) atoms. The highest BCUT2D eigenvalue weighted by atomic mass is 16.5. The van der Waals surface area contributed by atoms with E-state index in [1.165, 1.54) is 14.2 Å². The van der Waals surface area contributed by atoms with Crippen LogP contribution < -0.4 is 14.8 Å². The molecule has 3 aromatic rings. The summed E-state index contributed by atoms with van der Waals surface area (Å²) in [6.07, 6.45) is 0. The van der Waals surface area contributed by atoms with Crippen LogP contribution >= 0.6 is 0 Å². The first-order chi connectivity index (χ1) is 15.5. The third-order valence-corrected chi connectivity index (χ3v) is 4.48. The first-order valence-corrected chi connectivity index (χ1v) is 9.96. The maximum Gasteiger partial charge on any atom is 0.337 e. The van der Waals surface area contributed by atoms with Gasteiger partial charge in [0, 0.05) is 22.4 Å². The second kappa shape index (κ2) is 10.7. The van der Waals surface area contributed by atoms with Crippen LogP contribution in [0.4, 0.5) is 5.69 Å². The molecule has 0 aliphatic carbocycles. The van der Waals surface area contributed by atoms with Crippen LogP contribution in [0.5, 0.6) is 11.5 Å². The summed E-state index contributed by atoms with van der Waals surface area (Å²) in [5.74, 6) is 6.46. The van der Waals surface area contributed by atoms with Crippen molar-refractivity contribution < 1.29 is 23.8 Å². The minimum absolute atomic E-state index is 0.276. The van der Waals surface area contributed by atoms with E-state index < -0.39 is 5.97 Å². The van der Waals surface area contributed by atoms with Crippen molar-refractivity contribution in [3.05, 3.63) is 89.0 Å². The van der Waals surface area contributed by atoms with E-state index in [9.17, 15) is 9.59 Å². The number of carbonyl (C=O) groups excluding carboxylic acids is 2. The van der Waals surface area contributed by atoms with E-state index >= 15 is 0 Å². The zero-order valence-electron chi connectivity index (χ0n) is 18.1. The number of anilines is 1. The fraction of sp³-hybridized carbons (Fsp3) is 0.154. The number of hydrogen-bond donors (Lipinski definition) is 1. The number of carbonyl (C=O) groups is 2. The molecule has 0 aromatic heterocycles. The number of benzene rings is 3. The molecular weight excluding hydrogens is 406 g/mol. The average molecular weight is 429 g/mol. The lowest BCUT2D eigenvalue weighted by molar-refractivity contribution is 0.0600. The van der Waals surface area contributed by atoms with Gasteiger partial charge in [-0.15, -0.1) is 0 Å². The fourth-order valence-corrected chi connectivity index (χ4v) is 2.95. The van der Waals surface area contributed by atoms with E-state index in [4.69, 9.17) is 14.2 Å². The third-order valence-electron chi connectivity index (χ3n) is 4.48. The van der Waals surface area contributed by atoms with E-state index in [2.05, 4.69) is 17.2 Å². The molecule has 0 fully saturated rings. The summed E-state index contributed by atoms with van der Waals surface area (Å²) in [4.78, 5) is 24.4. The summed E-state index contributed by atoms with van der Waals surface area (Å²) in [5, 5.41) is 2.87. The highest BCUT2D eigenvalue weighted by Crippen LogP contribution is 2.28. The number of esters is 1. The summed E-state index contributed by atoms with van der Waals surface area (Å²) in [6.45, 7) is 2.38. The molecule has 0 aliphatic heterocycles. The summed E-state index contributed by atoms with van der Waals surface area (Å²) in [7, 11) is 2.87. The van der Waals surface area contributed by atoms with Crippen LogP contribution in [-0.2, 0) is 4.74 Å². The molecule has 3 rings (SSSR count). The smallest absolute Gasteiger partial charge is 0.337 e. The molecule has 1 amide bonds. The Morgan fingerprint density at radius 2 is 1.56 bits per heavy atom. The van der Waals surface area contributed by atoms with E-state index in [-0.39, 0.29) is 5.91 Å². The first kappa shape index (κ1) is 22.4. The highest BCUT2D eigenvalue weighted by molar-refractivity contribution is 6.04. The second-order valence-corrected chi connectivity index (χ2v) is 6.66. The molecule has 0 saturated carbocycles. The third kappa shape index (κ3) is 5.67. The SMILES string of the molecule is CCOc1ccc(C(=O)Nc2cccc(C#Cc3cccc(C(=O)OC)c3)c2)cc1OC. The standard InChI is InChI=1S/C26H23NO5/c1-4-32-23-14-13-20(17-24(23)30-2)25(28)27-22-10-6-8-19(16-22)12-11-18-7-5-9-21(15-18)26(29)31-3/h5-10,13-17H,4H2,1-3H3,(H,27,28). The van der Waals surface area contributed by atoms with Gasteiger partial charge in [-0.05, 0) is 61.5 Å². The largest absolute Gasteiger partial charge is 0.493 e. The predicted molar refractivity (Wildman–Crippen MR) is 122 cm³/mol. The Hall–Kier alpha value is -4.24. The molecule has 0 unspecified atom stereocenters. The fourth-order valence-electron chi connectivity index (χ4n) is 2.95. The van der Waals surface area contributed by atoms with Crippen molar-refractivity contribution in [3.63, 3.8) is 0 Å². The topological polar surface area (TPSA) is 73.9 Å². The minimum Gasteiger partial charge on any atom is -0.493 e. The van der Waals surface area contributed by atoms with Crippen LogP contribution in [0.25, 0.3) is 0 Å². The molecule has 0 heterocycles. The molecule has 0 atom stereocenters. The molecular formula is C26H23NO5. The molecule has 0 spiro atoms. The minimum atomic E-state index is -0.413. The monoisotopic (exact) mass is 429 g/mol. The predicted octanol–water partition coefficient (Wildman–Crippen LogP) is 4.53. The van der Waals surface area contributed by atoms with Crippen molar-refractivity contribution in [1.82, 2.24) is 0 Å².